The molecular weight excluding hydrogens is 456 g/mol. The van der Waals surface area contributed by atoms with Gasteiger partial charge in [-0.15, -0.1) is 0 Å². The molecule has 160 valence electrons. The summed E-state index contributed by atoms with van der Waals surface area (Å²) >= 11 is 3.50. The number of hydrogen-bond acceptors (Lipinski definition) is 5. The monoisotopic (exact) mass is 480 g/mol. The molecule has 8 heteroatoms. The van der Waals surface area contributed by atoms with Crippen LogP contribution in [0.4, 0.5) is 27.9 Å². The van der Waals surface area contributed by atoms with Crippen molar-refractivity contribution in [1.29, 1.82) is 0 Å². The molecule has 0 spiro atoms. The van der Waals surface area contributed by atoms with E-state index in [9.17, 15) is 4.79 Å². The summed E-state index contributed by atoms with van der Waals surface area (Å²) in [6.45, 7) is 4.36. The van der Waals surface area contributed by atoms with Crippen LogP contribution >= 0.6 is 15.9 Å². The van der Waals surface area contributed by atoms with Crippen molar-refractivity contribution in [3.8, 4) is 0 Å². The Hall–Kier alpha value is -3.13. The SMILES string of the molecule is Cc1ccc(CNc2nc(Nc3cccc(NC(=O)N4CCCC4)c3)ncc2Br)cc1. The molecule has 1 aliphatic heterocycles. The van der Waals surface area contributed by atoms with Gasteiger partial charge in [0, 0.05) is 37.2 Å². The maximum absolute atomic E-state index is 12.3. The molecule has 1 aromatic heterocycles. The molecule has 0 unspecified atom stereocenters. The van der Waals surface area contributed by atoms with Gasteiger partial charge in [-0.05, 0) is 59.5 Å². The second-order valence-corrected chi connectivity index (χ2v) is 8.41. The highest BCUT2D eigenvalue weighted by Gasteiger charge is 2.17. The third kappa shape index (κ3) is 5.73. The van der Waals surface area contributed by atoms with E-state index in [1.807, 2.05) is 29.2 Å². The van der Waals surface area contributed by atoms with E-state index in [1.54, 1.807) is 6.20 Å². The summed E-state index contributed by atoms with van der Waals surface area (Å²) in [6.07, 6.45) is 3.85. The van der Waals surface area contributed by atoms with Crippen molar-refractivity contribution in [1.82, 2.24) is 14.9 Å². The number of urea groups is 1. The van der Waals surface area contributed by atoms with Gasteiger partial charge in [0.15, 0.2) is 0 Å². The van der Waals surface area contributed by atoms with Gasteiger partial charge in [-0.2, -0.15) is 4.98 Å². The Morgan fingerprint density at radius 1 is 1.10 bits per heavy atom. The standard InChI is InChI=1S/C23H25BrN6O/c1-16-7-9-17(10-8-16)14-25-21-20(24)15-26-22(29-21)27-18-5-4-6-19(13-18)28-23(31)30-11-2-3-12-30/h4-10,13,15H,2-3,11-12,14H2,1H3,(H,28,31)(H2,25,26,27,29). The fraction of sp³-hybridized carbons (Fsp3) is 0.261. The molecule has 4 rings (SSSR count). The first-order chi connectivity index (χ1) is 15.1. The summed E-state index contributed by atoms with van der Waals surface area (Å²) in [7, 11) is 0. The van der Waals surface area contributed by atoms with Crippen molar-refractivity contribution < 1.29 is 4.79 Å². The molecule has 1 saturated heterocycles. The Labute approximate surface area is 190 Å². The summed E-state index contributed by atoms with van der Waals surface area (Å²) in [4.78, 5) is 23.1. The highest BCUT2D eigenvalue weighted by atomic mass is 79.9. The maximum atomic E-state index is 12.3. The molecule has 3 aromatic rings. The van der Waals surface area contributed by atoms with Crippen molar-refractivity contribution in [2.75, 3.05) is 29.0 Å². The lowest BCUT2D eigenvalue weighted by atomic mass is 10.1. The van der Waals surface area contributed by atoms with Crippen LogP contribution in [0.25, 0.3) is 0 Å². The summed E-state index contributed by atoms with van der Waals surface area (Å²) in [5.74, 6) is 1.18. The highest BCUT2D eigenvalue weighted by molar-refractivity contribution is 9.10. The second kappa shape index (κ2) is 9.78. The number of amides is 2. The number of nitrogens with zero attached hydrogens (tertiary/aromatic N) is 3. The number of carbonyl (C=O) groups excluding carboxylic acids is 1. The number of aryl methyl sites for hydroxylation is 1. The molecule has 2 aromatic carbocycles. The van der Waals surface area contributed by atoms with E-state index >= 15 is 0 Å². The van der Waals surface area contributed by atoms with Gasteiger partial charge in [0.25, 0.3) is 0 Å². The number of nitrogens with one attached hydrogen (secondary N) is 3. The van der Waals surface area contributed by atoms with E-state index in [2.05, 4.69) is 73.0 Å². The quantitative estimate of drug-likeness (QED) is 0.431. The van der Waals surface area contributed by atoms with Crippen molar-refractivity contribution in [3.63, 3.8) is 0 Å². The lowest BCUT2D eigenvalue weighted by molar-refractivity contribution is 0.222. The summed E-state index contributed by atoms with van der Waals surface area (Å²) in [5.41, 5.74) is 3.94. The van der Waals surface area contributed by atoms with Crippen LogP contribution in [-0.4, -0.2) is 34.0 Å². The molecule has 2 heterocycles. The van der Waals surface area contributed by atoms with Crippen LogP contribution in [-0.2, 0) is 6.54 Å². The minimum absolute atomic E-state index is 0.0582. The Bertz CT molecular complexity index is 1050. The van der Waals surface area contributed by atoms with Crippen LogP contribution in [0.2, 0.25) is 0 Å². The smallest absolute Gasteiger partial charge is 0.321 e. The highest BCUT2D eigenvalue weighted by Crippen LogP contribution is 2.24. The van der Waals surface area contributed by atoms with Crippen LogP contribution in [0.1, 0.15) is 24.0 Å². The van der Waals surface area contributed by atoms with Gasteiger partial charge in [0.05, 0.1) is 4.47 Å². The minimum Gasteiger partial charge on any atom is -0.365 e. The number of aromatic nitrogens is 2. The number of rotatable bonds is 6. The number of anilines is 4. The van der Waals surface area contributed by atoms with Crippen LogP contribution in [0.3, 0.4) is 0 Å². The molecule has 2 amide bonds. The Kier molecular flexibility index (Phi) is 6.66. The maximum Gasteiger partial charge on any atom is 0.321 e. The normalized spacial score (nSPS) is 13.2. The average molecular weight is 481 g/mol. The number of benzene rings is 2. The van der Waals surface area contributed by atoms with E-state index < -0.39 is 0 Å². The molecule has 1 aliphatic rings. The molecule has 3 N–H and O–H groups in total. The van der Waals surface area contributed by atoms with Crippen molar-refractivity contribution in [2.45, 2.75) is 26.3 Å². The third-order valence-corrected chi connectivity index (χ3v) is 5.67. The van der Waals surface area contributed by atoms with Crippen molar-refractivity contribution in [2.24, 2.45) is 0 Å². The Morgan fingerprint density at radius 2 is 1.84 bits per heavy atom. The van der Waals surface area contributed by atoms with E-state index in [0.29, 0.717) is 18.3 Å². The van der Waals surface area contributed by atoms with E-state index in [0.717, 1.165) is 41.8 Å². The van der Waals surface area contributed by atoms with Crippen LogP contribution in [0, 0.1) is 6.92 Å². The molecule has 1 fully saturated rings. The zero-order valence-corrected chi connectivity index (χ0v) is 18.9. The van der Waals surface area contributed by atoms with Crippen LogP contribution in [0.15, 0.2) is 59.2 Å². The third-order valence-electron chi connectivity index (χ3n) is 5.09. The topological polar surface area (TPSA) is 82.2 Å². The van der Waals surface area contributed by atoms with Crippen molar-refractivity contribution >= 4 is 45.1 Å². The van der Waals surface area contributed by atoms with Crippen LogP contribution in [0.5, 0.6) is 0 Å². The van der Waals surface area contributed by atoms with Gasteiger partial charge in [-0.25, -0.2) is 9.78 Å². The van der Waals surface area contributed by atoms with Gasteiger partial charge in [-0.1, -0.05) is 35.9 Å². The fourth-order valence-electron chi connectivity index (χ4n) is 3.37. The molecular formula is C23H25BrN6O. The van der Waals surface area contributed by atoms with E-state index in [4.69, 9.17) is 0 Å². The van der Waals surface area contributed by atoms with Gasteiger partial charge < -0.3 is 20.9 Å². The number of carbonyl (C=O) groups is 1. The summed E-state index contributed by atoms with van der Waals surface area (Å²) in [5, 5.41) is 9.51. The predicted molar refractivity (Wildman–Crippen MR) is 128 cm³/mol. The molecule has 0 radical (unpaired) electrons. The predicted octanol–water partition coefficient (Wildman–Crippen LogP) is 5.53. The average Bonchev–Trinajstić information content (AvgIpc) is 3.31. The van der Waals surface area contributed by atoms with Gasteiger partial charge in [0.1, 0.15) is 5.82 Å². The molecule has 0 bridgehead atoms. The van der Waals surface area contributed by atoms with Gasteiger partial charge in [0.2, 0.25) is 5.95 Å². The lowest BCUT2D eigenvalue weighted by Crippen LogP contribution is -2.32. The first kappa shape index (κ1) is 21.1. The molecule has 31 heavy (non-hydrogen) atoms. The fourth-order valence-corrected chi connectivity index (χ4v) is 3.70. The summed E-state index contributed by atoms with van der Waals surface area (Å²) in [6, 6.07) is 15.9. The first-order valence-corrected chi connectivity index (χ1v) is 11.1. The Balaban J connectivity index is 1.41. The number of likely N-dealkylation sites (tertiary alicyclic amines) is 1. The minimum atomic E-state index is -0.0582. The molecule has 0 atom stereocenters. The number of hydrogen-bond donors (Lipinski definition) is 3. The molecule has 0 saturated carbocycles. The Morgan fingerprint density at radius 3 is 2.61 bits per heavy atom. The van der Waals surface area contributed by atoms with Crippen molar-refractivity contribution in [3.05, 3.63) is 70.3 Å². The van der Waals surface area contributed by atoms with Gasteiger partial charge >= 0.3 is 6.03 Å². The first-order valence-electron chi connectivity index (χ1n) is 10.3. The molecule has 0 aliphatic carbocycles. The van der Waals surface area contributed by atoms with Crippen LogP contribution < -0.4 is 16.0 Å². The summed E-state index contributed by atoms with van der Waals surface area (Å²) < 4.78 is 0.789. The van der Waals surface area contributed by atoms with E-state index in [1.165, 1.54) is 11.1 Å². The number of halogens is 1. The van der Waals surface area contributed by atoms with Gasteiger partial charge in [-0.3, -0.25) is 0 Å². The second-order valence-electron chi connectivity index (χ2n) is 7.56. The largest absolute Gasteiger partial charge is 0.365 e. The zero-order chi connectivity index (χ0) is 21.6. The lowest BCUT2D eigenvalue weighted by Gasteiger charge is -2.16. The zero-order valence-electron chi connectivity index (χ0n) is 17.4. The van der Waals surface area contributed by atoms with E-state index in [-0.39, 0.29) is 6.03 Å². The molecule has 7 nitrogen and oxygen atoms in total.